The normalized spacial score (nSPS) is 19.0. The van der Waals surface area contributed by atoms with E-state index in [0.717, 1.165) is 42.0 Å². The highest BCUT2D eigenvalue weighted by Crippen LogP contribution is 2.34. The Morgan fingerprint density at radius 1 is 1.45 bits per heavy atom. The highest BCUT2D eigenvalue weighted by molar-refractivity contribution is 7.07. The molecule has 0 radical (unpaired) electrons. The summed E-state index contributed by atoms with van der Waals surface area (Å²) in [6.07, 6.45) is 0. The summed E-state index contributed by atoms with van der Waals surface area (Å²) >= 11 is 7.78. The van der Waals surface area contributed by atoms with Crippen molar-refractivity contribution >= 4 is 40.1 Å². The average Bonchev–Trinajstić information content (AvgIpc) is 3.15. The van der Waals surface area contributed by atoms with E-state index >= 15 is 0 Å². The van der Waals surface area contributed by atoms with Crippen molar-refractivity contribution in [1.82, 2.24) is 15.3 Å². The molecule has 0 bridgehead atoms. The molecule has 0 spiro atoms. The predicted molar refractivity (Wildman–Crippen MR) is 89.8 cm³/mol. The zero-order valence-electron chi connectivity index (χ0n) is 12.0. The van der Waals surface area contributed by atoms with Crippen LogP contribution in [0.2, 0.25) is 5.02 Å². The number of anilines is 1. The Balaban J connectivity index is 1.85. The Morgan fingerprint density at radius 3 is 3.14 bits per heavy atom. The average molecular weight is 335 g/mol. The molecule has 4 rings (SSSR count). The molecule has 3 aromatic rings. The van der Waals surface area contributed by atoms with Gasteiger partial charge in [0.15, 0.2) is 5.58 Å². The molecule has 1 aliphatic rings. The zero-order valence-corrected chi connectivity index (χ0v) is 13.6. The van der Waals surface area contributed by atoms with Gasteiger partial charge in [0.1, 0.15) is 5.52 Å². The lowest BCUT2D eigenvalue weighted by molar-refractivity contribution is 0.456. The molecule has 1 aromatic carbocycles. The summed E-state index contributed by atoms with van der Waals surface area (Å²) in [6, 6.07) is 4.73. The van der Waals surface area contributed by atoms with Crippen LogP contribution in [0.15, 0.2) is 27.4 Å². The number of aromatic nitrogens is 2. The molecular formula is C15H15ClN4OS. The Bertz CT molecular complexity index is 801. The van der Waals surface area contributed by atoms with Gasteiger partial charge in [-0.05, 0) is 19.1 Å². The fraction of sp³-hybridized carbons (Fsp3) is 0.333. The van der Waals surface area contributed by atoms with Crippen molar-refractivity contribution in [2.45, 2.75) is 13.0 Å². The van der Waals surface area contributed by atoms with E-state index in [4.69, 9.17) is 16.0 Å². The third-order valence-corrected chi connectivity index (χ3v) is 4.70. The third kappa shape index (κ3) is 2.37. The number of hydrogen-bond donors (Lipinski definition) is 1. The minimum Gasteiger partial charge on any atom is -0.423 e. The lowest BCUT2D eigenvalue weighted by atomic mass is 10.1. The minimum absolute atomic E-state index is 0.347. The molecule has 22 heavy (non-hydrogen) atoms. The smallest absolute Gasteiger partial charge is 0.298 e. The largest absolute Gasteiger partial charge is 0.423 e. The van der Waals surface area contributed by atoms with Crippen molar-refractivity contribution in [2.24, 2.45) is 0 Å². The second-order valence-electron chi connectivity index (χ2n) is 5.42. The van der Waals surface area contributed by atoms with E-state index in [-0.39, 0.29) is 0 Å². The third-order valence-electron chi connectivity index (χ3n) is 3.90. The number of oxazole rings is 1. The molecule has 1 aliphatic heterocycles. The van der Waals surface area contributed by atoms with Gasteiger partial charge in [-0.15, -0.1) is 11.3 Å². The summed E-state index contributed by atoms with van der Waals surface area (Å²) in [4.78, 5) is 11.2. The van der Waals surface area contributed by atoms with Crippen molar-refractivity contribution in [3.63, 3.8) is 0 Å². The first-order valence-electron chi connectivity index (χ1n) is 7.18. The van der Waals surface area contributed by atoms with Crippen LogP contribution in [0.5, 0.6) is 0 Å². The SMILES string of the molecule is CC1CNCCN1c1nc2cc(Cl)cc(-c3cscn3)c2o1. The second-order valence-corrected chi connectivity index (χ2v) is 6.57. The molecule has 1 N–H and O–H groups in total. The molecule has 1 atom stereocenters. The summed E-state index contributed by atoms with van der Waals surface area (Å²) in [7, 11) is 0. The molecule has 3 heterocycles. The van der Waals surface area contributed by atoms with Crippen LogP contribution in [0.1, 0.15) is 6.92 Å². The van der Waals surface area contributed by atoms with Crippen molar-refractivity contribution in [3.8, 4) is 11.3 Å². The molecule has 1 saturated heterocycles. The van der Waals surface area contributed by atoms with Crippen LogP contribution in [0.3, 0.4) is 0 Å². The molecule has 1 unspecified atom stereocenters. The number of hydrogen-bond acceptors (Lipinski definition) is 6. The van der Waals surface area contributed by atoms with Gasteiger partial charge < -0.3 is 14.6 Å². The van der Waals surface area contributed by atoms with E-state index in [1.807, 2.05) is 17.5 Å². The van der Waals surface area contributed by atoms with Crippen molar-refractivity contribution < 1.29 is 4.42 Å². The number of benzene rings is 1. The first kappa shape index (κ1) is 14.0. The van der Waals surface area contributed by atoms with Crippen molar-refractivity contribution in [1.29, 1.82) is 0 Å². The quantitative estimate of drug-likeness (QED) is 0.778. The van der Waals surface area contributed by atoms with Crippen LogP contribution in [-0.2, 0) is 0 Å². The Kier molecular flexibility index (Phi) is 3.52. The molecule has 1 fully saturated rings. The fourth-order valence-corrected chi connectivity index (χ4v) is 3.54. The number of rotatable bonds is 2. The fourth-order valence-electron chi connectivity index (χ4n) is 2.77. The van der Waals surface area contributed by atoms with E-state index in [1.165, 1.54) is 0 Å². The number of halogens is 1. The van der Waals surface area contributed by atoms with Gasteiger partial charge in [-0.3, -0.25) is 0 Å². The molecule has 0 aliphatic carbocycles. The molecule has 0 saturated carbocycles. The monoisotopic (exact) mass is 334 g/mol. The zero-order chi connectivity index (χ0) is 15.1. The number of nitrogens with zero attached hydrogens (tertiary/aromatic N) is 3. The number of thiazole rings is 1. The first-order valence-corrected chi connectivity index (χ1v) is 8.50. The van der Waals surface area contributed by atoms with Crippen LogP contribution in [0.4, 0.5) is 6.01 Å². The van der Waals surface area contributed by atoms with Crippen molar-refractivity contribution in [3.05, 3.63) is 28.0 Å². The Labute approximate surface area is 136 Å². The van der Waals surface area contributed by atoms with Gasteiger partial charge in [0, 0.05) is 41.6 Å². The van der Waals surface area contributed by atoms with Crippen LogP contribution in [-0.4, -0.2) is 35.6 Å². The summed E-state index contributed by atoms with van der Waals surface area (Å²) in [5.41, 5.74) is 5.09. The maximum atomic E-state index is 6.23. The molecule has 5 nitrogen and oxygen atoms in total. The van der Waals surface area contributed by atoms with Crippen LogP contribution in [0, 0.1) is 0 Å². The molecule has 114 valence electrons. The maximum absolute atomic E-state index is 6.23. The summed E-state index contributed by atoms with van der Waals surface area (Å²) in [5.74, 6) is 0. The number of nitrogens with one attached hydrogen (secondary N) is 1. The molecule has 2 aromatic heterocycles. The molecule has 0 amide bonds. The van der Waals surface area contributed by atoms with Gasteiger partial charge in [0.25, 0.3) is 6.01 Å². The minimum atomic E-state index is 0.347. The highest BCUT2D eigenvalue weighted by Gasteiger charge is 2.24. The summed E-state index contributed by atoms with van der Waals surface area (Å²) in [6.45, 7) is 4.91. The van der Waals surface area contributed by atoms with E-state index in [0.29, 0.717) is 17.1 Å². The van der Waals surface area contributed by atoms with Gasteiger partial charge in [0.05, 0.1) is 11.2 Å². The Morgan fingerprint density at radius 2 is 2.36 bits per heavy atom. The highest BCUT2D eigenvalue weighted by atomic mass is 35.5. The standard InChI is InChI=1S/C15H15ClN4OS/c1-9-6-17-2-3-20(9)15-19-12-5-10(16)4-11(14(12)21-15)13-7-22-8-18-13/h4-5,7-9,17H,2-3,6H2,1H3. The van der Waals surface area contributed by atoms with E-state index in [1.54, 1.807) is 16.8 Å². The molecular weight excluding hydrogens is 320 g/mol. The second kappa shape index (κ2) is 5.53. The summed E-state index contributed by atoms with van der Waals surface area (Å²) < 4.78 is 6.08. The van der Waals surface area contributed by atoms with Gasteiger partial charge in [-0.25, -0.2) is 4.98 Å². The van der Waals surface area contributed by atoms with E-state index < -0.39 is 0 Å². The van der Waals surface area contributed by atoms with E-state index in [9.17, 15) is 0 Å². The first-order chi connectivity index (χ1) is 10.7. The van der Waals surface area contributed by atoms with Crippen LogP contribution in [0.25, 0.3) is 22.4 Å². The van der Waals surface area contributed by atoms with Gasteiger partial charge in [0.2, 0.25) is 0 Å². The van der Waals surface area contributed by atoms with Crippen molar-refractivity contribution in [2.75, 3.05) is 24.5 Å². The van der Waals surface area contributed by atoms with Gasteiger partial charge in [-0.2, -0.15) is 4.98 Å². The van der Waals surface area contributed by atoms with Gasteiger partial charge in [-0.1, -0.05) is 11.6 Å². The van der Waals surface area contributed by atoms with Crippen LogP contribution >= 0.6 is 22.9 Å². The topological polar surface area (TPSA) is 54.2 Å². The number of piperazine rings is 1. The molecule has 7 heteroatoms. The van der Waals surface area contributed by atoms with E-state index in [2.05, 4.69) is 27.1 Å². The van der Waals surface area contributed by atoms with Crippen LogP contribution < -0.4 is 10.2 Å². The number of fused-ring (bicyclic) bond motifs is 1. The predicted octanol–water partition coefficient (Wildman–Crippen LogP) is 3.40. The lowest BCUT2D eigenvalue weighted by Crippen LogP contribution is -2.50. The lowest BCUT2D eigenvalue weighted by Gasteiger charge is -2.32. The van der Waals surface area contributed by atoms with Gasteiger partial charge >= 0.3 is 0 Å². The Hall–Kier alpha value is -1.63. The maximum Gasteiger partial charge on any atom is 0.298 e. The summed E-state index contributed by atoms with van der Waals surface area (Å²) in [5, 5.41) is 6.00.